The Bertz CT molecular complexity index is 3050. The first-order valence-electron chi connectivity index (χ1n) is 18.4. The first-order valence-corrected chi connectivity index (χ1v) is 18.4. The van der Waals surface area contributed by atoms with Crippen molar-refractivity contribution in [1.29, 1.82) is 0 Å². The maximum atomic E-state index is 7.28. The van der Waals surface area contributed by atoms with E-state index in [1.807, 2.05) is 170 Å². The van der Waals surface area contributed by atoms with E-state index in [4.69, 9.17) is 40.9 Å². The van der Waals surface area contributed by atoms with Crippen LogP contribution in [0.5, 0.6) is 0 Å². The molecule has 0 saturated carbocycles. The molecule has 3 aromatic heterocycles. The Labute approximate surface area is 327 Å². The van der Waals surface area contributed by atoms with Gasteiger partial charge in [-0.05, 0) is 23.3 Å². The van der Waals surface area contributed by atoms with Crippen molar-refractivity contribution in [3.8, 4) is 79.5 Å². The zero-order chi connectivity index (χ0) is 38.1. The van der Waals surface area contributed by atoms with Gasteiger partial charge in [-0.1, -0.05) is 164 Å². The number of furan rings is 1. The van der Waals surface area contributed by atoms with Crippen LogP contribution in [0, 0.1) is 6.57 Å². The highest BCUT2D eigenvalue weighted by atomic mass is 16.3. The summed E-state index contributed by atoms with van der Waals surface area (Å²) in [7, 11) is 0. The molecule has 0 aliphatic heterocycles. The van der Waals surface area contributed by atoms with Crippen molar-refractivity contribution < 1.29 is 4.42 Å². The minimum absolute atomic E-state index is 0.508. The first kappa shape index (κ1) is 33.4. The van der Waals surface area contributed by atoms with Gasteiger partial charge >= 0.3 is 0 Å². The van der Waals surface area contributed by atoms with Crippen LogP contribution < -0.4 is 0 Å². The third-order valence-electron chi connectivity index (χ3n) is 9.84. The minimum Gasteiger partial charge on any atom is -0.455 e. The van der Waals surface area contributed by atoms with E-state index in [1.165, 1.54) is 0 Å². The molecule has 0 N–H and O–H groups in total. The highest BCUT2D eigenvalue weighted by Gasteiger charge is 2.21. The van der Waals surface area contributed by atoms with Gasteiger partial charge in [-0.2, -0.15) is 0 Å². The molecule has 266 valence electrons. The molecule has 0 fully saturated rings. The van der Waals surface area contributed by atoms with Crippen molar-refractivity contribution in [2.75, 3.05) is 0 Å². The van der Waals surface area contributed by atoms with Crippen molar-refractivity contribution in [3.63, 3.8) is 0 Å². The molecule has 0 radical (unpaired) electrons. The summed E-state index contributed by atoms with van der Waals surface area (Å²) in [5.41, 5.74) is 9.08. The lowest BCUT2D eigenvalue weighted by Crippen LogP contribution is -2.00. The van der Waals surface area contributed by atoms with Gasteiger partial charge < -0.3 is 4.42 Å². The summed E-state index contributed by atoms with van der Waals surface area (Å²) in [4.78, 5) is 33.5. The molecule has 0 unspecified atom stereocenters. The molecule has 57 heavy (non-hydrogen) atoms. The number of para-hydroxylation sites is 1. The third-order valence-corrected chi connectivity index (χ3v) is 9.84. The monoisotopic (exact) mass is 731 g/mol. The Morgan fingerprint density at radius 3 is 1.26 bits per heavy atom. The third kappa shape index (κ3) is 6.35. The fraction of sp³-hybridized carbons (Fsp3) is 0. The van der Waals surface area contributed by atoms with Gasteiger partial charge in [-0.3, -0.25) is 0 Å². The normalized spacial score (nSPS) is 11.1. The highest BCUT2D eigenvalue weighted by molar-refractivity contribution is 6.14. The van der Waals surface area contributed by atoms with Crippen LogP contribution in [0.2, 0.25) is 0 Å². The van der Waals surface area contributed by atoms with Crippen LogP contribution in [-0.4, -0.2) is 29.9 Å². The number of aromatic nitrogens is 6. The Morgan fingerprint density at radius 1 is 0.351 bits per heavy atom. The molecule has 10 rings (SSSR count). The lowest BCUT2D eigenvalue weighted by atomic mass is 10.0. The van der Waals surface area contributed by atoms with Gasteiger partial charge in [-0.25, -0.2) is 34.7 Å². The first-order chi connectivity index (χ1) is 28.2. The SMILES string of the molecule is [C-]#[N+]c1ccc(-c2ccc(-c3nc(-c4ccccc4)nc(-c4cccc5oc6c(-c7nc(-c8ccccc8)nc(-c8ccccc8)n7)cccc6c45)n3)cc2)cc1. The zero-order valence-electron chi connectivity index (χ0n) is 30.3. The quantitative estimate of drug-likeness (QED) is 0.151. The molecule has 0 aliphatic carbocycles. The van der Waals surface area contributed by atoms with E-state index >= 15 is 0 Å². The average Bonchev–Trinajstić information content (AvgIpc) is 3.69. The van der Waals surface area contributed by atoms with Crippen molar-refractivity contribution in [1.82, 2.24) is 29.9 Å². The number of hydrogen-bond acceptors (Lipinski definition) is 7. The van der Waals surface area contributed by atoms with Crippen molar-refractivity contribution in [2.45, 2.75) is 0 Å². The molecule has 8 nitrogen and oxygen atoms in total. The summed E-state index contributed by atoms with van der Waals surface area (Å²) in [6.07, 6.45) is 0. The number of rotatable bonds is 7. The second kappa shape index (κ2) is 14.3. The Morgan fingerprint density at radius 2 is 0.754 bits per heavy atom. The van der Waals surface area contributed by atoms with Gasteiger partial charge in [0.2, 0.25) is 0 Å². The van der Waals surface area contributed by atoms with Crippen molar-refractivity contribution in [3.05, 3.63) is 187 Å². The maximum Gasteiger partial charge on any atom is 0.187 e. The zero-order valence-corrected chi connectivity index (χ0v) is 30.3. The number of benzene rings is 7. The van der Waals surface area contributed by atoms with E-state index in [1.54, 1.807) is 0 Å². The summed E-state index contributed by atoms with van der Waals surface area (Å²) in [6.45, 7) is 7.28. The summed E-state index contributed by atoms with van der Waals surface area (Å²) < 4.78 is 6.70. The minimum atomic E-state index is 0.508. The lowest BCUT2D eigenvalue weighted by Gasteiger charge is -2.10. The fourth-order valence-electron chi connectivity index (χ4n) is 7.02. The molecule has 0 bridgehead atoms. The topological polar surface area (TPSA) is 94.8 Å². The number of hydrogen-bond donors (Lipinski definition) is 0. The van der Waals surface area contributed by atoms with E-state index in [-0.39, 0.29) is 0 Å². The molecule has 8 heteroatoms. The van der Waals surface area contributed by atoms with Crippen LogP contribution in [0.25, 0.3) is 106 Å². The van der Waals surface area contributed by atoms with Gasteiger partial charge in [0.25, 0.3) is 0 Å². The predicted octanol–water partition coefficient (Wildman–Crippen LogP) is 12.2. The largest absolute Gasteiger partial charge is 0.455 e. The molecule has 7 aromatic carbocycles. The highest BCUT2D eigenvalue weighted by Crippen LogP contribution is 2.40. The predicted molar refractivity (Wildman–Crippen MR) is 225 cm³/mol. The van der Waals surface area contributed by atoms with Crippen molar-refractivity contribution in [2.24, 2.45) is 0 Å². The van der Waals surface area contributed by atoms with E-state index in [0.717, 1.165) is 55.3 Å². The summed E-state index contributed by atoms with van der Waals surface area (Å²) in [5, 5.41) is 1.77. The van der Waals surface area contributed by atoms with E-state index < -0.39 is 0 Å². The molecule has 10 aromatic rings. The molecular formula is C49H29N7O. The van der Waals surface area contributed by atoms with E-state index in [2.05, 4.69) is 10.9 Å². The molecule has 0 spiro atoms. The Hall–Kier alpha value is -8.15. The second-order valence-corrected chi connectivity index (χ2v) is 13.4. The van der Waals surface area contributed by atoms with Crippen LogP contribution in [-0.2, 0) is 0 Å². The standard InChI is InChI=1S/C49H29N7O/c1-50-37-29-27-32(28-30-37)31-23-25-36(26-24-31)47-52-44(33-13-5-2-6-14-33)53-48(54-47)39-20-12-22-41-42(39)38-19-11-21-40(43(38)57-41)49-55-45(34-15-7-3-8-16-34)51-46(56-49)35-17-9-4-10-18-35/h2-30H. The van der Waals surface area contributed by atoms with Crippen LogP contribution in [0.4, 0.5) is 5.69 Å². The van der Waals surface area contributed by atoms with Gasteiger partial charge in [0, 0.05) is 38.6 Å². The molecular weight excluding hydrogens is 703 g/mol. The maximum absolute atomic E-state index is 7.28. The Kier molecular flexibility index (Phi) is 8.36. The number of fused-ring (bicyclic) bond motifs is 3. The summed E-state index contributed by atoms with van der Waals surface area (Å²) in [5.74, 6) is 3.29. The van der Waals surface area contributed by atoms with Gasteiger partial charge in [0.15, 0.2) is 40.6 Å². The Balaban J connectivity index is 1.13. The lowest BCUT2D eigenvalue weighted by molar-refractivity contribution is 0.669. The van der Waals surface area contributed by atoms with Crippen LogP contribution in [0.15, 0.2) is 180 Å². The van der Waals surface area contributed by atoms with E-state index in [9.17, 15) is 0 Å². The molecule has 0 atom stereocenters. The van der Waals surface area contributed by atoms with Gasteiger partial charge in [0.05, 0.1) is 12.1 Å². The van der Waals surface area contributed by atoms with Crippen LogP contribution >= 0.6 is 0 Å². The molecule has 0 saturated heterocycles. The smallest absolute Gasteiger partial charge is 0.187 e. The van der Waals surface area contributed by atoms with Crippen LogP contribution in [0.3, 0.4) is 0 Å². The fourth-order valence-corrected chi connectivity index (χ4v) is 7.02. The second-order valence-electron chi connectivity index (χ2n) is 13.4. The summed E-state index contributed by atoms with van der Waals surface area (Å²) in [6, 6.07) is 57.5. The van der Waals surface area contributed by atoms with E-state index in [0.29, 0.717) is 51.8 Å². The number of nitrogens with zero attached hydrogens (tertiary/aromatic N) is 7. The molecule has 0 amide bonds. The molecule has 3 heterocycles. The average molecular weight is 732 g/mol. The molecule has 0 aliphatic rings. The van der Waals surface area contributed by atoms with Crippen molar-refractivity contribution >= 4 is 27.6 Å². The van der Waals surface area contributed by atoms with Crippen LogP contribution in [0.1, 0.15) is 0 Å². The summed E-state index contributed by atoms with van der Waals surface area (Å²) >= 11 is 0. The van der Waals surface area contributed by atoms with Gasteiger partial charge in [0.1, 0.15) is 11.2 Å². The van der Waals surface area contributed by atoms with Gasteiger partial charge in [-0.15, -0.1) is 0 Å².